The molecule has 278 valence electrons. The van der Waals surface area contributed by atoms with Crippen LogP contribution in [-0.4, -0.2) is 12.6 Å². The van der Waals surface area contributed by atoms with Gasteiger partial charge in [-0.25, -0.2) is 4.79 Å². The van der Waals surface area contributed by atoms with Crippen LogP contribution in [-0.2, 0) is 9.53 Å². The molecule has 0 heterocycles. The Morgan fingerprint density at radius 1 is 0.940 bits per heavy atom. The van der Waals surface area contributed by atoms with Crippen molar-refractivity contribution in [3.8, 4) is 0 Å². The van der Waals surface area contributed by atoms with Crippen molar-refractivity contribution in [2.45, 2.75) is 159 Å². The van der Waals surface area contributed by atoms with E-state index in [0.29, 0.717) is 23.4 Å². The second kappa shape index (κ2) is 16.3. The number of hydrogen-bond donors (Lipinski definition) is 0. The van der Waals surface area contributed by atoms with Crippen molar-refractivity contribution in [3.63, 3.8) is 0 Å². The Bertz CT molecular complexity index is 1390. The Kier molecular flexibility index (Phi) is 12.7. The van der Waals surface area contributed by atoms with Crippen molar-refractivity contribution in [2.24, 2.45) is 57.7 Å². The summed E-state index contributed by atoms with van der Waals surface area (Å²) in [4.78, 5) is 12.8. The molecule has 0 saturated heterocycles. The smallest absolute Gasteiger partial charge is 0.331 e. The monoisotopic (exact) mass is 683 g/mol. The van der Waals surface area contributed by atoms with Gasteiger partial charge in [-0.15, -0.1) is 0 Å². The van der Waals surface area contributed by atoms with Crippen molar-refractivity contribution in [1.29, 1.82) is 0 Å². The summed E-state index contributed by atoms with van der Waals surface area (Å²) in [5.41, 5.74) is 7.98. The molecule has 0 bridgehead atoms. The number of hydrogen-bond acceptors (Lipinski definition) is 2. The van der Waals surface area contributed by atoms with E-state index in [-0.39, 0.29) is 11.4 Å². The van der Waals surface area contributed by atoms with E-state index in [9.17, 15) is 4.79 Å². The molecule has 3 saturated carbocycles. The molecule has 8 atom stereocenters. The van der Waals surface area contributed by atoms with Crippen molar-refractivity contribution in [1.82, 2.24) is 0 Å². The van der Waals surface area contributed by atoms with Crippen LogP contribution in [0.3, 0.4) is 0 Å². The van der Waals surface area contributed by atoms with Gasteiger partial charge in [0.15, 0.2) is 0 Å². The zero-order chi connectivity index (χ0) is 36.3. The minimum absolute atomic E-state index is 0.207. The zero-order valence-corrected chi connectivity index (χ0v) is 34.0. The fraction of sp³-hybridized carbons (Fsp3) is 0.729. The van der Waals surface area contributed by atoms with Crippen LogP contribution < -0.4 is 0 Å². The summed E-state index contributed by atoms with van der Waals surface area (Å²) in [6, 6.07) is 0. The van der Waals surface area contributed by atoms with Crippen molar-refractivity contribution >= 4 is 5.97 Å². The second-order valence-electron chi connectivity index (χ2n) is 19.5. The highest BCUT2D eigenvalue weighted by molar-refractivity contribution is 5.83. The normalized spacial score (nSPS) is 35.3. The lowest BCUT2D eigenvalue weighted by Crippen LogP contribution is -2.50. The van der Waals surface area contributed by atoms with Gasteiger partial charge in [0.1, 0.15) is 0 Å². The van der Waals surface area contributed by atoms with Crippen molar-refractivity contribution in [2.75, 3.05) is 6.61 Å². The number of allylic oxidation sites excluding steroid dienone is 11. The molecule has 5 rings (SSSR count). The van der Waals surface area contributed by atoms with Crippen LogP contribution in [0.15, 0.2) is 70.4 Å². The SMILES string of the molecule is CC1=C(/C=C/C(C)=C/C=C/C(C)=C/C(=O)OCC2CC[C@@]3(C)C(=CCC4C3CC[C@@]3(C)C4CC[C@@H]3[C@H](C)CCCC(C)C)C2)C(C)(C)CCC1. The van der Waals surface area contributed by atoms with Crippen LogP contribution in [0, 0.1) is 57.7 Å². The van der Waals surface area contributed by atoms with E-state index in [2.05, 4.69) is 86.6 Å². The molecule has 5 aliphatic rings. The van der Waals surface area contributed by atoms with Crippen LogP contribution >= 0.6 is 0 Å². The summed E-state index contributed by atoms with van der Waals surface area (Å²) in [7, 11) is 0. The number of ether oxygens (including phenoxy) is 1. The molecule has 0 N–H and O–H groups in total. The molecule has 0 aromatic carbocycles. The average molecular weight is 683 g/mol. The number of carbonyl (C=O) groups excluding carboxylic acids is 1. The predicted molar refractivity (Wildman–Crippen MR) is 214 cm³/mol. The van der Waals surface area contributed by atoms with E-state index in [4.69, 9.17) is 4.74 Å². The minimum atomic E-state index is -0.207. The van der Waals surface area contributed by atoms with Gasteiger partial charge in [0.2, 0.25) is 0 Å². The number of fused-ring (bicyclic) bond motifs is 5. The first-order valence-corrected chi connectivity index (χ1v) is 20.9. The molecule has 0 amide bonds. The lowest BCUT2D eigenvalue weighted by atomic mass is 9.46. The highest BCUT2D eigenvalue weighted by atomic mass is 16.5. The third kappa shape index (κ3) is 8.74. The highest BCUT2D eigenvalue weighted by Gasteiger charge is 2.59. The summed E-state index contributed by atoms with van der Waals surface area (Å²) in [5.74, 6) is 5.46. The van der Waals surface area contributed by atoms with Crippen molar-refractivity contribution in [3.05, 3.63) is 70.4 Å². The molecule has 0 aliphatic heterocycles. The second-order valence-corrected chi connectivity index (χ2v) is 19.5. The van der Waals surface area contributed by atoms with Crippen LogP contribution in [0.5, 0.6) is 0 Å². The lowest BCUT2D eigenvalue weighted by Gasteiger charge is -2.58. The van der Waals surface area contributed by atoms with Gasteiger partial charge in [0.05, 0.1) is 6.61 Å². The van der Waals surface area contributed by atoms with Crippen molar-refractivity contribution < 1.29 is 9.53 Å². The van der Waals surface area contributed by atoms with Gasteiger partial charge in [-0.3, -0.25) is 0 Å². The van der Waals surface area contributed by atoms with E-state index in [1.165, 1.54) is 100 Å². The topological polar surface area (TPSA) is 26.3 Å². The summed E-state index contributed by atoms with van der Waals surface area (Å²) in [6.45, 7) is 24.3. The highest BCUT2D eigenvalue weighted by Crippen LogP contribution is 2.67. The molecule has 5 aliphatic carbocycles. The number of esters is 1. The molecule has 0 spiro atoms. The van der Waals surface area contributed by atoms with E-state index in [0.717, 1.165) is 47.5 Å². The number of carbonyl (C=O) groups is 1. The number of rotatable bonds is 12. The van der Waals surface area contributed by atoms with Crippen LogP contribution in [0.4, 0.5) is 0 Å². The van der Waals surface area contributed by atoms with Gasteiger partial charge in [0.25, 0.3) is 0 Å². The maximum absolute atomic E-state index is 12.8. The minimum Gasteiger partial charge on any atom is -0.462 e. The van der Waals surface area contributed by atoms with E-state index < -0.39 is 0 Å². The van der Waals surface area contributed by atoms with Gasteiger partial charge in [-0.2, -0.15) is 0 Å². The Morgan fingerprint density at radius 2 is 1.72 bits per heavy atom. The maximum Gasteiger partial charge on any atom is 0.331 e. The Labute approximate surface area is 308 Å². The molecule has 50 heavy (non-hydrogen) atoms. The molecule has 2 heteroatoms. The first kappa shape index (κ1) is 39.1. The quantitative estimate of drug-likeness (QED) is 0.0886. The molecular weight excluding hydrogens is 609 g/mol. The molecule has 2 nitrogen and oxygen atoms in total. The van der Waals surface area contributed by atoms with E-state index in [1.807, 2.05) is 19.1 Å². The third-order valence-corrected chi connectivity index (χ3v) is 15.0. The van der Waals surface area contributed by atoms with Gasteiger partial charge in [-0.1, -0.05) is 121 Å². The third-order valence-electron chi connectivity index (χ3n) is 15.0. The molecule has 0 radical (unpaired) electrons. The van der Waals surface area contributed by atoms with Gasteiger partial charge < -0.3 is 4.74 Å². The Morgan fingerprint density at radius 3 is 2.46 bits per heavy atom. The standard InChI is InChI=1S/C48H74O2/c1-33(2)14-11-17-37(6)42-23-24-43-40-21-20-39-31-38(25-28-47(39,9)44(40)26-29-48(42,43)10)32-50-45(49)30-35(4)16-12-15-34(3)19-22-41-36(5)18-13-27-46(41,7)8/h12,15-16,19-20,22,30,33,37-38,40,42-44H,11,13-14,17-18,21,23-29,31-32H2,1-10H3/b16-12+,22-19+,34-15+,35-30+/t37-,38?,40?,42-,43?,44?,47+,48-/m1/s1. The van der Waals surface area contributed by atoms with Gasteiger partial charge in [-0.05, 0) is 160 Å². The van der Waals surface area contributed by atoms with Gasteiger partial charge >= 0.3 is 5.97 Å². The fourth-order valence-corrected chi connectivity index (χ4v) is 12.0. The Hall–Kier alpha value is -2.09. The van der Waals surface area contributed by atoms with Crippen LogP contribution in [0.2, 0.25) is 0 Å². The molecular formula is C48H74O2. The first-order valence-electron chi connectivity index (χ1n) is 20.9. The first-order chi connectivity index (χ1) is 23.6. The summed E-state index contributed by atoms with van der Waals surface area (Å²) in [5, 5.41) is 0. The van der Waals surface area contributed by atoms with E-state index >= 15 is 0 Å². The predicted octanol–water partition coefficient (Wildman–Crippen LogP) is 13.7. The summed E-state index contributed by atoms with van der Waals surface area (Å²) < 4.78 is 5.87. The Balaban J connectivity index is 1.11. The molecule has 3 fully saturated rings. The molecule has 4 unspecified atom stereocenters. The lowest BCUT2D eigenvalue weighted by molar-refractivity contribution is -0.139. The average Bonchev–Trinajstić information content (AvgIpc) is 3.40. The van der Waals surface area contributed by atoms with Gasteiger partial charge in [0, 0.05) is 6.08 Å². The summed E-state index contributed by atoms with van der Waals surface area (Å²) >= 11 is 0. The largest absolute Gasteiger partial charge is 0.462 e. The van der Waals surface area contributed by atoms with Crippen LogP contribution in [0.1, 0.15) is 159 Å². The maximum atomic E-state index is 12.8. The summed E-state index contributed by atoms with van der Waals surface area (Å²) in [6.07, 6.45) is 33.6. The zero-order valence-electron chi connectivity index (χ0n) is 34.0. The van der Waals surface area contributed by atoms with Crippen LogP contribution in [0.25, 0.3) is 0 Å². The molecule has 0 aromatic heterocycles. The van der Waals surface area contributed by atoms with E-state index in [1.54, 1.807) is 11.6 Å². The fourth-order valence-electron chi connectivity index (χ4n) is 12.0. The molecule has 0 aromatic rings.